The summed E-state index contributed by atoms with van der Waals surface area (Å²) in [6.45, 7) is 12.0. The summed E-state index contributed by atoms with van der Waals surface area (Å²) in [6, 6.07) is 2.04. The smallest absolute Gasteiger partial charge is 0.410 e. The number of nitrogens with zero attached hydrogens (tertiary/aromatic N) is 2. The quantitative estimate of drug-likeness (QED) is 0.757. The molecule has 0 spiro atoms. The van der Waals surface area contributed by atoms with Gasteiger partial charge in [0.15, 0.2) is 0 Å². The second-order valence-corrected chi connectivity index (χ2v) is 8.83. The zero-order valence-corrected chi connectivity index (χ0v) is 18.3. The van der Waals surface area contributed by atoms with E-state index >= 15 is 0 Å². The molecular formula is C22H32N2O5. The first-order valence-corrected chi connectivity index (χ1v) is 10.2. The second-order valence-electron chi connectivity index (χ2n) is 8.83. The molecule has 2 aliphatic heterocycles. The number of hydrogen-bond acceptors (Lipinski definition) is 5. The van der Waals surface area contributed by atoms with Crippen molar-refractivity contribution in [3.63, 3.8) is 0 Å². The standard InChI is InChI=1S/C22H32N2O5/c1-14-12-23(21(26)29-22(3,4)5)8-7-16-11-17-20(15(2)19(14)16)24(9-10-28-17)18(25)13-27-6/h11,14H,7-10,12-13H2,1-6H3. The summed E-state index contributed by atoms with van der Waals surface area (Å²) in [5.74, 6) is 0.776. The second kappa shape index (κ2) is 8.22. The summed E-state index contributed by atoms with van der Waals surface area (Å²) in [6.07, 6.45) is 0.440. The van der Waals surface area contributed by atoms with Crippen LogP contribution in [0.2, 0.25) is 0 Å². The Labute approximate surface area is 172 Å². The van der Waals surface area contributed by atoms with Gasteiger partial charge in [0.25, 0.3) is 5.91 Å². The molecular weight excluding hydrogens is 372 g/mol. The molecule has 0 N–H and O–H groups in total. The maximum absolute atomic E-state index is 12.6. The molecule has 2 aliphatic rings. The Morgan fingerprint density at radius 3 is 2.66 bits per heavy atom. The van der Waals surface area contributed by atoms with Crippen LogP contribution in [0.1, 0.15) is 50.3 Å². The Morgan fingerprint density at radius 1 is 1.28 bits per heavy atom. The van der Waals surface area contributed by atoms with E-state index in [1.165, 1.54) is 18.2 Å². The largest absolute Gasteiger partial charge is 0.490 e. The first-order valence-electron chi connectivity index (χ1n) is 10.2. The van der Waals surface area contributed by atoms with Gasteiger partial charge < -0.3 is 24.0 Å². The van der Waals surface area contributed by atoms with Crippen LogP contribution < -0.4 is 9.64 Å². The van der Waals surface area contributed by atoms with Crippen molar-refractivity contribution in [3.05, 3.63) is 22.8 Å². The molecule has 2 amide bonds. The number of methoxy groups -OCH3 is 1. The Hall–Kier alpha value is -2.28. The molecule has 3 rings (SSSR count). The van der Waals surface area contributed by atoms with Crippen LogP contribution in [0.25, 0.3) is 0 Å². The molecule has 1 aromatic rings. The van der Waals surface area contributed by atoms with Crippen LogP contribution in [0, 0.1) is 6.92 Å². The number of benzene rings is 1. The van der Waals surface area contributed by atoms with E-state index in [0.29, 0.717) is 26.2 Å². The summed E-state index contributed by atoms with van der Waals surface area (Å²) in [4.78, 5) is 28.8. The van der Waals surface area contributed by atoms with Crippen LogP contribution in [0.3, 0.4) is 0 Å². The van der Waals surface area contributed by atoms with E-state index in [2.05, 4.69) is 6.92 Å². The van der Waals surface area contributed by atoms with Gasteiger partial charge in [-0.1, -0.05) is 6.92 Å². The third kappa shape index (κ3) is 4.50. The molecule has 29 heavy (non-hydrogen) atoms. The summed E-state index contributed by atoms with van der Waals surface area (Å²) >= 11 is 0. The lowest BCUT2D eigenvalue weighted by molar-refractivity contribution is -0.122. The molecule has 0 fully saturated rings. The van der Waals surface area contributed by atoms with Gasteiger partial charge in [0.05, 0.1) is 12.2 Å². The number of rotatable bonds is 2. The zero-order valence-electron chi connectivity index (χ0n) is 18.3. The zero-order chi connectivity index (χ0) is 21.3. The maximum Gasteiger partial charge on any atom is 0.410 e. The molecule has 1 atom stereocenters. The molecule has 0 aromatic heterocycles. The third-order valence-electron chi connectivity index (χ3n) is 5.34. The van der Waals surface area contributed by atoms with Crippen LogP contribution in [0.15, 0.2) is 6.07 Å². The number of carbonyl (C=O) groups excluding carboxylic acids is 2. The highest BCUT2D eigenvalue weighted by atomic mass is 16.6. The number of ether oxygens (including phenoxy) is 3. The molecule has 2 heterocycles. The molecule has 0 saturated carbocycles. The van der Waals surface area contributed by atoms with Crippen molar-refractivity contribution in [2.24, 2.45) is 0 Å². The van der Waals surface area contributed by atoms with Crippen molar-refractivity contribution in [2.75, 3.05) is 44.9 Å². The fraction of sp³-hybridized carbons (Fsp3) is 0.636. The first-order chi connectivity index (χ1) is 13.6. The Balaban J connectivity index is 1.94. The van der Waals surface area contributed by atoms with Crippen molar-refractivity contribution in [1.82, 2.24) is 4.90 Å². The van der Waals surface area contributed by atoms with E-state index in [0.717, 1.165) is 23.4 Å². The molecule has 1 aromatic carbocycles. The minimum Gasteiger partial charge on any atom is -0.490 e. The van der Waals surface area contributed by atoms with E-state index in [1.807, 2.05) is 33.8 Å². The molecule has 7 nitrogen and oxygen atoms in total. The molecule has 7 heteroatoms. The highest BCUT2D eigenvalue weighted by Crippen LogP contribution is 2.42. The van der Waals surface area contributed by atoms with E-state index in [4.69, 9.17) is 14.2 Å². The molecule has 1 unspecified atom stereocenters. The molecule has 0 radical (unpaired) electrons. The summed E-state index contributed by atoms with van der Waals surface area (Å²) in [7, 11) is 1.52. The van der Waals surface area contributed by atoms with Crippen LogP contribution in [-0.4, -0.2) is 62.5 Å². The molecule has 0 saturated heterocycles. The van der Waals surface area contributed by atoms with Gasteiger partial charge in [0.1, 0.15) is 24.6 Å². The van der Waals surface area contributed by atoms with Gasteiger partial charge in [-0.15, -0.1) is 0 Å². The molecule has 0 bridgehead atoms. The van der Waals surface area contributed by atoms with Gasteiger partial charge in [-0.05, 0) is 62.8 Å². The number of amides is 2. The topological polar surface area (TPSA) is 68.3 Å². The maximum atomic E-state index is 12.6. The minimum atomic E-state index is -0.523. The van der Waals surface area contributed by atoms with E-state index in [1.54, 1.807) is 9.80 Å². The lowest BCUT2D eigenvalue weighted by Crippen LogP contribution is -2.40. The normalized spacial score (nSPS) is 19.0. The summed E-state index contributed by atoms with van der Waals surface area (Å²) in [5, 5.41) is 0. The summed E-state index contributed by atoms with van der Waals surface area (Å²) in [5.41, 5.74) is 3.70. The SMILES string of the molecule is COCC(=O)N1CCOc2cc3c(c(C)c21)C(C)CN(C(=O)OC(C)(C)C)CC3. The highest BCUT2D eigenvalue weighted by molar-refractivity contribution is 5.97. The van der Waals surface area contributed by atoms with Crippen LogP contribution in [0.4, 0.5) is 10.5 Å². The average molecular weight is 405 g/mol. The van der Waals surface area contributed by atoms with Crippen molar-refractivity contribution >= 4 is 17.7 Å². The monoisotopic (exact) mass is 404 g/mol. The van der Waals surface area contributed by atoms with Gasteiger partial charge >= 0.3 is 6.09 Å². The number of fused-ring (bicyclic) bond motifs is 2. The average Bonchev–Trinajstić information content (AvgIpc) is 2.79. The van der Waals surface area contributed by atoms with E-state index < -0.39 is 5.60 Å². The van der Waals surface area contributed by atoms with Gasteiger partial charge in [0, 0.05) is 20.2 Å². The lowest BCUT2D eigenvalue weighted by atomic mass is 9.89. The van der Waals surface area contributed by atoms with Crippen LogP contribution in [-0.2, 0) is 20.7 Å². The van der Waals surface area contributed by atoms with E-state index in [9.17, 15) is 9.59 Å². The third-order valence-corrected chi connectivity index (χ3v) is 5.34. The van der Waals surface area contributed by atoms with Gasteiger partial charge in [-0.3, -0.25) is 4.79 Å². The number of carbonyl (C=O) groups is 2. The first kappa shape index (κ1) is 21.4. The summed E-state index contributed by atoms with van der Waals surface area (Å²) < 4.78 is 16.5. The Kier molecular flexibility index (Phi) is 6.08. The molecule has 0 aliphatic carbocycles. The highest BCUT2D eigenvalue weighted by Gasteiger charge is 2.33. The Morgan fingerprint density at radius 2 is 2.00 bits per heavy atom. The van der Waals surface area contributed by atoms with Crippen LogP contribution in [0.5, 0.6) is 5.75 Å². The fourth-order valence-electron chi connectivity index (χ4n) is 4.27. The van der Waals surface area contributed by atoms with Crippen molar-refractivity contribution in [3.8, 4) is 5.75 Å². The van der Waals surface area contributed by atoms with Gasteiger partial charge in [0.2, 0.25) is 0 Å². The van der Waals surface area contributed by atoms with Gasteiger partial charge in [-0.25, -0.2) is 4.79 Å². The van der Waals surface area contributed by atoms with E-state index in [-0.39, 0.29) is 24.5 Å². The lowest BCUT2D eigenvalue weighted by Gasteiger charge is -2.33. The molecule has 160 valence electrons. The van der Waals surface area contributed by atoms with Crippen LogP contribution >= 0.6 is 0 Å². The Bertz CT molecular complexity index is 799. The van der Waals surface area contributed by atoms with Crippen molar-refractivity contribution < 1.29 is 23.8 Å². The fourth-order valence-corrected chi connectivity index (χ4v) is 4.27. The van der Waals surface area contributed by atoms with Gasteiger partial charge in [-0.2, -0.15) is 0 Å². The minimum absolute atomic E-state index is 0.0396. The predicted molar refractivity (Wildman–Crippen MR) is 111 cm³/mol. The number of hydrogen-bond donors (Lipinski definition) is 0. The predicted octanol–water partition coefficient (Wildman–Crippen LogP) is 3.26. The number of anilines is 1. The van der Waals surface area contributed by atoms with Crippen molar-refractivity contribution in [1.29, 1.82) is 0 Å². The van der Waals surface area contributed by atoms with Crippen molar-refractivity contribution in [2.45, 2.75) is 52.6 Å².